The molecule has 1 heterocycles. The van der Waals surface area contributed by atoms with Crippen LogP contribution in [0.3, 0.4) is 0 Å². The number of anilines is 1. The zero-order valence-electron chi connectivity index (χ0n) is 14.1. The third kappa shape index (κ3) is 4.03. The highest BCUT2D eigenvalue weighted by Gasteiger charge is 2.37. The third-order valence-corrected chi connectivity index (χ3v) is 3.68. The molecule has 0 amide bonds. The number of alkyl halides is 3. The van der Waals surface area contributed by atoms with Crippen LogP contribution >= 0.6 is 0 Å². The molecule has 1 aliphatic heterocycles. The Morgan fingerprint density at radius 1 is 1.15 bits per heavy atom. The van der Waals surface area contributed by atoms with E-state index in [1.54, 1.807) is 0 Å². The largest absolute Gasteiger partial charge is 0.478 e. The van der Waals surface area contributed by atoms with E-state index in [0.717, 1.165) is 25.2 Å². The molecule has 0 saturated heterocycles. The summed E-state index contributed by atoms with van der Waals surface area (Å²) in [5.74, 6) is -3.57. The lowest BCUT2D eigenvalue weighted by atomic mass is 10.1. The molecule has 146 valence electrons. The Balaban J connectivity index is 2.74. The fraction of sp³-hybridized carbons (Fsp3) is 0.312. The molecule has 1 N–H and O–H groups in total. The zero-order valence-corrected chi connectivity index (χ0v) is 14.1. The molecule has 11 heteroatoms. The molecule has 0 bridgehead atoms. The van der Waals surface area contributed by atoms with Crippen molar-refractivity contribution in [3.05, 3.63) is 40.6 Å². The standard InChI is InChI=1S/C16H14F3NO7/c1-25-14(23)10-6-27-7-20(12(10)15(24)26-2)11-5-8(16(17,18)19)3-4-9(11)13(21)22/h3-5H,6-7H2,1-2H3,(H,21,22). The number of halogens is 3. The SMILES string of the molecule is COC(=O)C1=C(C(=O)OC)N(c2cc(C(F)(F)F)ccc2C(=O)O)COC1. The quantitative estimate of drug-likeness (QED) is 0.778. The normalized spacial score (nSPS) is 14.8. The number of carboxylic acid groups (broad SMARTS) is 1. The molecule has 1 aromatic rings. The molecule has 0 fully saturated rings. The molecule has 0 aliphatic carbocycles. The highest BCUT2D eigenvalue weighted by atomic mass is 19.4. The molecule has 0 spiro atoms. The summed E-state index contributed by atoms with van der Waals surface area (Å²) in [6, 6.07) is 1.90. The van der Waals surface area contributed by atoms with E-state index < -0.39 is 53.3 Å². The number of methoxy groups -OCH3 is 2. The van der Waals surface area contributed by atoms with Crippen molar-refractivity contribution in [2.45, 2.75) is 6.18 Å². The molecule has 1 aliphatic rings. The number of esters is 2. The first-order chi connectivity index (χ1) is 12.6. The van der Waals surface area contributed by atoms with Crippen LogP contribution in [0.1, 0.15) is 15.9 Å². The first kappa shape index (κ1) is 20.2. The molecule has 0 saturated carbocycles. The summed E-state index contributed by atoms with van der Waals surface area (Å²) in [5, 5.41) is 9.32. The third-order valence-electron chi connectivity index (χ3n) is 3.68. The number of benzene rings is 1. The summed E-state index contributed by atoms with van der Waals surface area (Å²) in [5.41, 5.74) is -2.93. The summed E-state index contributed by atoms with van der Waals surface area (Å²) in [6.45, 7) is -0.846. The minimum Gasteiger partial charge on any atom is -0.478 e. The molecular formula is C16H14F3NO7. The predicted molar refractivity (Wildman–Crippen MR) is 82.8 cm³/mol. The van der Waals surface area contributed by atoms with Gasteiger partial charge in [-0.05, 0) is 18.2 Å². The number of rotatable bonds is 4. The molecular weight excluding hydrogens is 375 g/mol. The van der Waals surface area contributed by atoms with E-state index in [-0.39, 0.29) is 12.2 Å². The second-order valence-electron chi connectivity index (χ2n) is 5.25. The summed E-state index contributed by atoms with van der Waals surface area (Å²) < 4.78 is 53.5. The van der Waals surface area contributed by atoms with Crippen LogP contribution in [0, 0.1) is 0 Å². The molecule has 1 aromatic carbocycles. The van der Waals surface area contributed by atoms with Gasteiger partial charge in [0.25, 0.3) is 0 Å². The van der Waals surface area contributed by atoms with Crippen molar-refractivity contribution in [2.75, 3.05) is 32.5 Å². The number of aromatic carboxylic acids is 1. The van der Waals surface area contributed by atoms with Crippen LogP contribution in [-0.4, -0.2) is 50.6 Å². The van der Waals surface area contributed by atoms with Gasteiger partial charge >= 0.3 is 24.1 Å². The lowest BCUT2D eigenvalue weighted by molar-refractivity contribution is -0.140. The van der Waals surface area contributed by atoms with Crippen molar-refractivity contribution in [3.63, 3.8) is 0 Å². The Kier molecular flexibility index (Phi) is 5.74. The minimum absolute atomic E-state index is 0.315. The Labute approximate surface area is 150 Å². The fourth-order valence-corrected chi connectivity index (χ4v) is 2.45. The highest BCUT2D eigenvalue weighted by molar-refractivity contribution is 6.05. The second kappa shape index (κ2) is 7.66. The number of hydrogen-bond acceptors (Lipinski definition) is 7. The van der Waals surface area contributed by atoms with Crippen molar-refractivity contribution in [1.82, 2.24) is 0 Å². The van der Waals surface area contributed by atoms with Gasteiger partial charge in [0.2, 0.25) is 0 Å². The average molecular weight is 389 g/mol. The first-order valence-electron chi connectivity index (χ1n) is 7.31. The van der Waals surface area contributed by atoms with Crippen LogP contribution in [0.25, 0.3) is 0 Å². The number of carbonyl (C=O) groups is 3. The summed E-state index contributed by atoms with van der Waals surface area (Å²) in [6.07, 6.45) is -4.76. The Bertz CT molecular complexity index is 817. The smallest absolute Gasteiger partial charge is 0.416 e. The van der Waals surface area contributed by atoms with Gasteiger partial charge in [0.15, 0.2) is 0 Å². The Morgan fingerprint density at radius 2 is 1.78 bits per heavy atom. The zero-order chi connectivity index (χ0) is 20.4. The average Bonchev–Trinajstić information content (AvgIpc) is 2.64. The van der Waals surface area contributed by atoms with Crippen molar-refractivity contribution in [2.24, 2.45) is 0 Å². The van der Waals surface area contributed by atoms with E-state index >= 15 is 0 Å². The van der Waals surface area contributed by atoms with E-state index in [2.05, 4.69) is 9.47 Å². The van der Waals surface area contributed by atoms with E-state index in [4.69, 9.17) is 4.74 Å². The molecule has 2 rings (SSSR count). The van der Waals surface area contributed by atoms with E-state index in [1.807, 2.05) is 0 Å². The summed E-state index contributed by atoms with van der Waals surface area (Å²) in [7, 11) is 2.04. The minimum atomic E-state index is -4.76. The van der Waals surface area contributed by atoms with Crippen LogP contribution in [0.2, 0.25) is 0 Å². The van der Waals surface area contributed by atoms with E-state index in [0.29, 0.717) is 12.1 Å². The van der Waals surface area contributed by atoms with E-state index in [9.17, 15) is 32.7 Å². The highest BCUT2D eigenvalue weighted by Crippen LogP contribution is 2.36. The van der Waals surface area contributed by atoms with Crippen molar-refractivity contribution in [1.29, 1.82) is 0 Å². The van der Waals surface area contributed by atoms with Crippen LogP contribution < -0.4 is 4.90 Å². The maximum Gasteiger partial charge on any atom is 0.416 e. The van der Waals surface area contributed by atoms with Gasteiger partial charge in [0.1, 0.15) is 12.4 Å². The molecule has 27 heavy (non-hydrogen) atoms. The number of hydrogen-bond donors (Lipinski definition) is 1. The molecule has 0 unspecified atom stereocenters. The van der Waals surface area contributed by atoms with Crippen molar-refractivity contribution < 1.29 is 46.9 Å². The molecule has 0 aromatic heterocycles. The summed E-state index contributed by atoms with van der Waals surface area (Å²) in [4.78, 5) is 36.4. The number of carbonyl (C=O) groups excluding carboxylic acids is 2. The van der Waals surface area contributed by atoms with Gasteiger partial charge in [-0.3, -0.25) is 0 Å². The lowest BCUT2D eigenvalue weighted by Crippen LogP contribution is -2.39. The maximum atomic E-state index is 13.1. The Morgan fingerprint density at radius 3 is 2.30 bits per heavy atom. The summed E-state index contributed by atoms with van der Waals surface area (Å²) >= 11 is 0. The fourth-order valence-electron chi connectivity index (χ4n) is 2.45. The Hall–Kier alpha value is -3.08. The van der Waals surface area contributed by atoms with Crippen LogP contribution in [0.15, 0.2) is 29.5 Å². The van der Waals surface area contributed by atoms with Gasteiger partial charge in [-0.15, -0.1) is 0 Å². The molecule has 0 radical (unpaired) electrons. The van der Waals surface area contributed by atoms with Gasteiger partial charge in [0, 0.05) is 0 Å². The number of ether oxygens (including phenoxy) is 3. The van der Waals surface area contributed by atoms with Crippen LogP contribution in [-0.2, 0) is 30.0 Å². The molecule has 8 nitrogen and oxygen atoms in total. The van der Waals surface area contributed by atoms with Crippen molar-refractivity contribution >= 4 is 23.6 Å². The van der Waals surface area contributed by atoms with E-state index in [1.165, 1.54) is 0 Å². The van der Waals surface area contributed by atoms with Crippen LogP contribution in [0.4, 0.5) is 18.9 Å². The van der Waals surface area contributed by atoms with Gasteiger partial charge in [-0.1, -0.05) is 0 Å². The van der Waals surface area contributed by atoms with Gasteiger partial charge in [-0.2, -0.15) is 13.2 Å². The number of nitrogens with zero attached hydrogens (tertiary/aromatic N) is 1. The second-order valence-corrected chi connectivity index (χ2v) is 5.25. The predicted octanol–water partition coefficient (Wildman–Crippen LogP) is 1.80. The monoisotopic (exact) mass is 389 g/mol. The van der Waals surface area contributed by atoms with Gasteiger partial charge in [0.05, 0.1) is 43.2 Å². The van der Waals surface area contributed by atoms with Crippen LogP contribution in [0.5, 0.6) is 0 Å². The topological polar surface area (TPSA) is 102 Å². The maximum absolute atomic E-state index is 13.1. The van der Waals surface area contributed by atoms with Gasteiger partial charge < -0.3 is 24.2 Å². The lowest BCUT2D eigenvalue weighted by Gasteiger charge is -2.32. The molecule has 0 atom stereocenters. The van der Waals surface area contributed by atoms with Crippen molar-refractivity contribution in [3.8, 4) is 0 Å². The van der Waals surface area contributed by atoms with Gasteiger partial charge in [-0.25, -0.2) is 14.4 Å². The first-order valence-corrected chi connectivity index (χ1v) is 7.31. The number of carboxylic acids is 1.